The second kappa shape index (κ2) is 8.78. The van der Waals surface area contributed by atoms with E-state index in [-0.39, 0.29) is 16.8 Å². The number of hydrogen-bond donors (Lipinski definition) is 2. The van der Waals surface area contributed by atoms with Crippen LogP contribution in [0.5, 0.6) is 0 Å². The first-order valence-corrected chi connectivity index (χ1v) is 9.97. The third kappa shape index (κ3) is 5.54. The molecular weight excluding hydrogens is 348 g/mol. The molecule has 1 amide bonds. The van der Waals surface area contributed by atoms with Crippen molar-refractivity contribution in [2.24, 2.45) is 0 Å². The predicted molar refractivity (Wildman–Crippen MR) is 105 cm³/mol. The molecule has 1 atom stereocenters. The Morgan fingerprint density at radius 2 is 1.69 bits per heavy atom. The number of carbonyl (C=O) groups is 1. The highest BCUT2D eigenvalue weighted by molar-refractivity contribution is 7.89. The van der Waals surface area contributed by atoms with Crippen molar-refractivity contribution in [3.8, 4) is 0 Å². The molecule has 26 heavy (non-hydrogen) atoms. The number of sulfonamides is 1. The van der Waals surface area contributed by atoms with Gasteiger partial charge in [-0.2, -0.15) is 0 Å². The average Bonchev–Trinajstić information content (AvgIpc) is 2.62. The predicted octanol–water partition coefficient (Wildman–Crippen LogP) is 3.81. The number of carbonyl (C=O) groups excluding carboxylic acids is 1. The molecule has 0 aliphatic rings. The molecular formula is C20H24N2O3S. The minimum absolute atomic E-state index is 0.134. The summed E-state index contributed by atoms with van der Waals surface area (Å²) in [4.78, 5) is 12.4. The minimum Gasteiger partial charge on any atom is -0.322 e. The monoisotopic (exact) mass is 372 g/mol. The van der Waals surface area contributed by atoms with Gasteiger partial charge in [0, 0.05) is 17.3 Å². The maximum atomic E-state index is 12.3. The topological polar surface area (TPSA) is 75.3 Å². The smallest absolute Gasteiger partial charge is 0.251 e. The lowest BCUT2D eigenvalue weighted by Gasteiger charge is -2.12. The van der Waals surface area contributed by atoms with Crippen LogP contribution in [0.15, 0.2) is 65.1 Å². The van der Waals surface area contributed by atoms with Gasteiger partial charge in [0.05, 0.1) is 4.90 Å². The van der Waals surface area contributed by atoms with E-state index in [0.717, 1.165) is 5.56 Å². The summed E-state index contributed by atoms with van der Waals surface area (Å²) in [5.74, 6) is -0.234. The molecule has 0 heterocycles. The van der Waals surface area contributed by atoms with Gasteiger partial charge >= 0.3 is 0 Å². The third-order valence-corrected chi connectivity index (χ3v) is 5.54. The zero-order valence-electron chi connectivity index (χ0n) is 15.2. The van der Waals surface area contributed by atoms with Gasteiger partial charge < -0.3 is 5.32 Å². The van der Waals surface area contributed by atoms with Gasteiger partial charge in [0.25, 0.3) is 5.91 Å². The second-order valence-corrected chi connectivity index (χ2v) is 7.86. The van der Waals surface area contributed by atoms with E-state index in [9.17, 15) is 13.2 Å². The van der Waals surface area contributed by atoms with E-state index in [1.165, 1.54) is 12.1 Å². The molecule has 2 N–H and O–H groups in total. The van der Waals surface area contributed by atoms with Crippen LogP contribution in [0, 0.1) is 0 Å². The van der Waals surface area contributed by atoms with Crippen LogP contribution in [0.2, 0.25) is 0 Å². The van der Waals surface area contributed by atoms with Gasteiger partial charge in [0.1, 0.15) is 0 Å². The van der Waals surface area contributed by atoms with Crippen LogP contribution in [-0.2, 0) is 14.8 Å². The fourth-order valence-electron chi connectivity index (χ4n) is 2.23. The summed E-state index contributed by atoms with van der Waals surface area (Å²) in [7, 11) is -3.55. The van der Waals surface area contributed by atoms with Crippen molar-refractivity contribution < 1.29 is 13.2 Å². The second-order valence-electron chi connectivity index (χ2n) is 6.15. The molecule has 0 saturated carbocycles. The number of rotatable bonds is 7. The number of benzene rings is 2. The number of amides is 1. The lowest BCUT2D eigenvalue weighted by molar-refractivity contribution is -0.112. The standard InChI is InChI=1S/C20H24N2O3S/c1-4-16(3)22-26(24,25)19-12-10-18(11-13-19)21-20(23)15(2)14-17-8-6-5-7-9-17/h5-14,16,22H,4H2,1-3H3,(H,21,23)/b15-14+. The van der Waals surface area contributed by atoms with Crippen molar-refractivity contribution in [3.05, 3.63) is 65.7 Å². The van der Waals surface area contributed by atoms with Gasteiger partial charge in [-0.1, -0.05) is 37.3 Å². The van der Waals surface area contributed by atoms with E-state index in [2.05, 4.69) is 10.0 Å². The summed E-state index contributed by atoms with van der Waals surface area (Å²) in [6.07, 6.45) is 2.50. The quantitative estimate of drug-likeness (QED) is 0.726. The summed E-state index contributed by atoms with van der Waals surface area (Å²) >= 11 is 0. The Morgan fingerprint density at radius 3 is 2.27 bits per heavy atom. The molecule has 138 valence electrons. The van der Waals surface area contributed by atoms with Crippen LogP contribution < -0.4 is 10.0 Å². The number of nitrogens with one attached hydrogen (secondary N) is 2. The van der Waals surface area contributed by atoms with Crippen LogP contribution in [0.25, 0.3) is 6.08 Å². The first-order chi connectivity index (χ1) is 12.3. The lowest BCUT2D eigenvalue weighted by atomic mass is 10.1. The van der Waals surface area contributed by atoms with E-state index < -0.39 is 10.0 Å². The van der Waals surface area contributed by atoms with Crippen molar-refractivity contribution in [1.82, 2.24) is 4.72 Å². The van der Waals surface area contributed by atoms with Crippen LogP contribution in [0.3, 0.4) is 0 Å². The van der Waals surface area contributed by atoms with E-state index in [4.69, 9.17) is 0 Å². The molecule has 2 aromatic carbocycles. The average molecular weight is 372 g/mol. The summed E-state index contributed by atoms with van der Waals surface area (Å²) in [5.41, 5.74) is 2.04. The summed E-state index contributed by atoms with van der Waals surface area (Å²) in [6.45, 7) is 5.46. The fraction of sp³-hybridized carbons (Fsp3) is 0.250. The summed E-state index contributed by atoms with van der Waals surface area (Å²) in [5, 5.41) is 2.77. The summed E-state index contributed by atoms with van der Waals surface area (Å²) in [6, 6.07) is 15.6. The highest BCUT2D eigenvalue weighted by Gasteiger charge is 2.16. The van der Waals surface area contributed by atoms with E-state index in [0.29, 0.717) is 17.7 Å². The van der Waals surface area contributed by atoms with Crippen molar-refractivity contribution in [3.63, 3.8) is 0 Å². The Bertz CT molecular complexity index is 873. The number of hydrogen-bond acceptors (Lipinski definition) is 3. The minimum atomic E-state index is -3.55. The Kier molecular flexibility index (Phi) is 6.71. The molecule has 0 spiro atoms. The Balaban J connectivity index is 2.07. The molecule has 2 rings (SSSR count). The van der Waals surface area contributed by atoms with Crippen molar-refractivity contribution in [2.45, 2.75) is 38.1 Å². The molecule has 0 fully saturated rings. The van der Waals surface area contributed by atoms with Crippen molar-refractivity contribution >= 4 is 27.7 Å². The molecule has 1 unspecified atom stereocenters. The molecule has 0 aromatic heterocycles. The Labute approximate surface area is 155 Å². The first-order valence-electron chi connectivity index (χ1n) is 8.49. The highest BCUT2D eigenvalue weighted by atomic mass is 32.2. The van der Waals surface area contributed by atoms with Crippen molar-refractivity contribution in [2.75, 3.05) is 5.32 Å². The van der Waals surface area contributed by atoms with Crippen LogP contribution in [-0.4, -0.2) is 20.4 Å². The number of anilines is 1. The van der Waals surface area contributed by atoms with E-state index >= 15 is 0 Å². The van der Waals surface area contributed by atoms with Crippen LogP contribution >= 0.6 is 0 Å². The molecule has 0 aliphatic heterocycles. The van der Waals surface area contributed by atoms with Crippen molar-refractivity contribution in [1.29, 1.82) is 0 Å². The third-order valence-electron chi connectivity index (χ3n) is 3.93. The van der Waals surface area contributed by atoms with Crippen LogP contribution in [0.4, 0.5) is 5.69 Å². The highest BCUT2D eigenvalue weighted by Crippen LogP contribution is 2.16. The van der Waals surface area contributed by atoms with E-state index in [1.54, 1.807) is 25.1 Å². The lowest BCUT2D eigenvalue weighted by Crippen LogP contribution is -2.31. The molecule has 0 aliphatic carbocycles. The van der Waals surface area contributed by atoms with Gasteiger partial charge in [0.2, 0.25) is 10.0 Å². The molecule has 5 nitrogen and oxygen atoms in total. The Hall–Kier alpha value is -2.44. The normalized spacial score (nSPS) is 13.3. The van der Waals surface area contributed by atoms with Gasteiger partial charge in [-0.15, -0.1) is 0 Å². The zero-order valence-corrected chi connectivity index (χ0v) is 16.0. The fourth-order valence-corrected chi connectivity index (χ4v) is 3.55. The van der Waals surface area contributed by atoms with Gasteiger partial charge in [-0.05, 0) is 56.2 Å². The molecule has 2 aromatic rings. The Morgan fingerprint density at radius 1 is 1.08 bits per heavy atom. The SMILES string of the molecule is CCC(C)NS(=O)(=O)c1ccc(NC(=O)/C(C)=C/c2ccccc2)cc1. The van der Waals surface area contributed by atoms with Crippen LogP contribution in [0.1, 0.15) is 32.8 Å². The maximum absolute atomic E-state index is 12.3. The van der Waals surface area contributed by atoms with Gasteiger partial charge in [0.15, 0.2) is 0 Å². The molecule has 6 heteroatoms. The van der Waals surface area contributed by atoms with Gasteiger partial charge in [-0.3, -0.25) is 4.79 Å². The van der Waals surface area contributed by atoms with E-state index in [1.807, 2.05) is 44.2 Å². The maximum Gasteiger partial charge on any atom is 0.251 e. The molecule has 0 radical (unpaired) electrons. The van der Waals surface area contributed by atoms with Gasteiger partial charge in [-0.25, -0.2) is 13.1 Å². The molecule has 0 saturated heterocycles. The molecule has 0 bridgehead atoms. The zero-order chi connectivity index (χ0) is 19.2. The summed E-state index contributed by atoms with van der Waals surface area (Å²) < 4.78 is 27.1. The largest absolute Gasteiger partial charge is 0.322 e. The first kappa shape index (κ1) is 19.9.